The zero-order valence-electron chi connectivity index (χ0n) is 12.0. The van der Waals surface area contributed by atoms with Crippen molar-refractivity contribution in [2.45, 2.75) is 12.8 Å². The Morgan fingerprint density at radius 2 is 2.05 bits per heavy atom. The highest BCUT2D eigenvalue weighted by Gasteiger charge is 2.10. The molecule has 0 bridgehead atoms. The van der Waals surface area contributed by atoms with E-state index in [1.54, 1.807) is 36.2 Å². The molecule has 0 aliphatic rings. The van der Waals surface area contributed by atoms with E-state index in [0.29, 0.717) is 24.4 Å². The predicted octanol–water partition coefficient (Wildman–Crippen LogP) is 2.77. The number of unbranched alkanes of at least 4 members (excludes halogenated alkanes) is 1. The minimum atomic E-state index is -0.418. The van der Waals surface area contributed by atoms with Crippen molar-refractivity contribution in [1.82, 2.24) is 9.88 Å². The Labute approximate surface area is 123 Å². The average Bonchev–Trinajstić information content (AvgIpc) is 3.00. The van der Waals surface area contributed by atoms with Gasteiger partial charge in [-0.05, 0) is 43.2 Å². The van der Waals surface area contributed by atoms with E-state index in [1.165, 1.54) is 6.07 Å². The SMILES string of the molecule is COCCCCNC(=O)c1ccc(-n2cccc2)c(F)c1. The van der Waals surface area contributed by atoms with Gasteiger partial charge in [-0.15, -0.1) is 0 Å². The van der Waals surface area contributed by atoms with Gasteiger partial charge in [0, 0.05) is 38.2 Å². The zero-order valence-corrected chi connectivity index (χ0v) is 12.0. The van der Waals surface area contributed by atoms with Crippen molar-refractivity contribution < 1.29 is 13.9 Å². The number of rotatable bonds is 7. The molecule has 1 amide bonds. The van der Waals surface area contributed by atoms with Crippen molar-refractivity contribution in [1.29, 1.82) is 0 Å². The molecule has 0 fully saturated rings. The fraction of sp³-hybridized carbons (Fsp3) is 0.312. The van der Waals surface area contributed by atoms with Crippen LogP contribution in [0.2, 0.25) is 0 Å². The summed E-state index contributed by atoms with van der Waals surface area (Å²) in [5.74, 6) is -0.677. The summed E-state index contributed by atoms with van der Waals surface area (Å²) in [4.78, 5) is 11.9. The second-order valence-electron chi connectivity index (χ2n) is 4.71. The Hall–Kier alpha value is -2.14. The van der Waals surface area contributed by atoms with Gasteiger partial charge in [-0.25, -0.2) is 4.39 Å². The van der Waals surface area contributed by atoms with Crippen molar-refractivity contribution in [3.05, 3.63) is 54.1 Å². The van der Waals surface area contributed by atoms with E-state index < -0.39 is 5.82 Å². The molecule has 0 aliphatic heterocycles. The van der Waals surface area contributed by atoms with Crippen molar-refractivity contribution in [3.63, 3.8) is 0 Å². The number of carbonyl (C=O) groups excluding carboxylic acids is 1. The number of nitrogens with one attached hydrogen (secondary N) is 1. The molecule has 0 radical (unpaired) electrons. The van der Waals surface area contributed by atoms with Gasteiger partial charge in [0.25, 0.3) is 5.91 Å². The molecule has 0 unspecified atom stereocenters. The quantitative estimate of drug-likeness (QED) is 0.797. The lowest BCUT2D eigenvalue weighted by atomic mass is 10.1. The highest BCUT2D eigenvalue weighted by Crippen LogP contribution is 2.15. The number of nitrogens with zero attached hydrogens (tertiary/aromatic N) is 1. The molecule has 0 spiro atoms. The maximum atomic E-state index is 14.0. The number of hydrogen-bond acceptors (Lipinski definition) is 2. The fourth-order valence-electron chi connectivity index (χ4n) is 2.03. The number of aromatic nitrogens is 1. The minimum absolute atomic E-state index is 0.259. The normalized spacial score (nSPS) is 10.6. The van der Waals surface area contributed by atoms with Gasteiger partial charge in [-0.3, -0.25) is 4.79 Å². The molecule has 1 aromatic carbocycles. The second kappa shape index (κ2) is 7.59. The maximum absolute atomic E-state index is 14.0. The lowest BCUT2D eigenvalue weighted by molar-refractivity contribution is 0.0951. The summed E-state index contributed by atoms with van der Waals surface area (Å²) in [6, 6.07) is 8.14. The molecule has 1 aromatic heterocycles. The molecule has 0 aliphatic carbocycles. The largest absolute Gasteiger partial charge is 0.385 e. The first kappa shape index (κ1) is 15.3. The molecule has 2 aromatic rings. The molecule has 5 heteroatoms. The van der Waals surface area contributed by atoms with E-state index in [4.69, 9.17) is 4.74 Å². The van der Waals surface area contributed by atoms with E-state index in [0.717, 1.165) is 12.8 Å². The third-order valence-corrected chi connectivity index (χ3v) is 3.15. The molecule has 2 rings (SSSR count). The van der Waals surface area contributed by atoms with Crippen LogP contribution in [0.5, 0.6) is 0 Å². The van der Waals surface area contributed by atoms with E-state index in [1.807, 2.05) is 12.1 Å². The van der Waals surface area contributed by atoms with Crippen LogP contribution in [0.4, 0.5) is 4.39 Å². The fourth-order valence-corrected chi connectivity index (χ4v) is 2.03. The van der Waals surface area contributed by atoms with Gasteiger partial charge in [0.05, 0.1) is 5.69 Å². The van der Waals surface area contributed by atoms with Crippen LogP contribution < -0.4 is 5.32 Å². The van der Waals surface area contributed by atoms with Crippen LogP contribution in [-0.2, 0) is 4.74 Å². The summed E-state index contributed by atoms with van der Waals surface area (Å²) in [5, 5.41) is 2.77. The highest BCUT2D eigenvalue weighted by molar-refractivity contribution is 5.94. The first-order chi connectivity index (χ1) is 10.2. The van der Waals surface area contributed by atoms with Crippen LogP contribution >= 0.6 is 0 Å². The number of hydrogen-bond donors (Lipinski definition) is 1. The molecule has 0 saturated carbocycles. The summed E-state index contributed by atoms with van der Waals surface area (Å²) < 4.78 is 20.6. The second-order valence-corrected chi connectivity index (χ2v) is 4.71. The van der Waals surface area contributed by atoms with Gasteiger partial charge >= 0.3 is 0 Å². The summed E-state index contributed by atoms with van der Waals surface area (Å²) in [6.45, 7) is 1.24. The smallest absolute Gasteiger partial charge is 0.251 e. The van der Waals surface area contributed by atoms with Crippen molar-refractivity contribution in [2.24, 2.45) is 0 Å². The third kappa shape index (κ3) is 4.16. The summed E-state index contributed by atoms with van der Waals surface area (Å²) in [5.41, 5.74) is 0.756. The van der Waals surface area contributed by atoms with Crippen molar-refractivity contribution in [3.8, 4) is 5.69 Å². The molecule has 1 N–H and O–H groups in total. The Morgan fingerprint density at radius 1 is 1.29 bits per heavy atom. The molecule has 0 atom stereocenters. The first-order valence-corrected chi connectivity index (χ1v) is 6.92. The van der Waals surface area contributed by atoms with Gasteiger partial charge < -0.3 is 14.6 Å². The van der Waals surface area contributed by atoms with Crippen LogP contribution in [0.15, 0.2) is 42.7 Å². The average molecular weight is 290 g/mol. The van der Waals surface area contributed by atoms with E-state index in [9.17, 15) is 9.18 Å². The lowest BCUT2D eigenvalue weighted by Crippen LogP contribution is -2.24. The number of methoxy groups -OCH3 is 1. The Bertz CT molecular complexity index is 582. The number of halogens is 1. The van der Waals surface area contributed by atoms with Crippen molar-refractivity contribution in [2.75, 3.05) is 20.3 Å². The van der Waals surface area contributed by atoms with Crippen LogP contribution in [0, 0.1) is 5.82 Å². The third-order valence-electron chi connectivity index (χ3n) is 3.15. The van der Waals surface area contributed by atoms with Gasteiger partial charge in [0.1, 0.15) is 5.82 Å². The van der Waals surface area contributed by atoms with Crippen LogP contribution in [0.25, 0.3) is 5.69 Å². The molecule has 21 heavy (non-hydrogen) atoms. The Kier molecular flexibility index (Phi) is 5.51. The topological polar surface area (TPSA) is 43.3 Å². The standard InChI is InChI=1S/C16H19FN2O2/c1-21-11-5-2-8-18-16(20)13-6-7-15(14(17)12-13)19-9-3-4-10-19/h3-4,6-7,9-10,12H,2,5,8,11H2,1H3,(H,18,20). The van der Waals surface area contributed by atoms with Crippen LogP contribution in [-0.4, -0.2) is 30.7 Å². The highest BCUT2D eigenvalue weighted by atomic mass is 19.1. The van der Waals surface area contributed by atoms with Crippen LogP contribution in [0.1, 0.15) is 23.2 Å². The van der Waals surface area contributed by atoms with Gasteiger partial charge in [0.15, 0.2) is 0 Å². The molecular weight excluding hydrogens is 271 g/mol. The summed E-state index contributed by atoms with van der Waals surface area (Å²) in [7, 11) is 1.65. The first-order valence-electron chi connectivity index (χ1n) is 6.92. The molecule has 0 saturated heterocycles. The minimum Gasteiger partial charge on any atom is -0.385 e. The van der Waals surface area contributed by atoms with Gasteiger partial charge in [-0.1, -0.05) is 0 Å². The number of carbonyl (C=O) groups is 1. The Balaban J connectivity index is 1.95. The van der Waals surface area contributed by atoms with Gasteiger partial charge in [-0.2, -0.15) is 0 Å². The van der Waals surface area contributed by atoms with E-state index >= 15 is 0 Å². The number of benzene rings is 1. The molecular formula is C16H19FN2O2. The maximum Gasteiger partial charge on any atom is 0.251 e. The molecule has 4 nitrogen and oxygen atoms in total. The lowest BCUT2D eigenvalue weighted by Gasteiger charge is -2.08. The zero-order chi connectivity index (χ0) is 15.1. The monoisotopic (exact) mass is 290 g/mol. The Morgan fingerprint density at radius 3 is 2.71 bits per heavy atom. The van der Waals surface area contributed by atoms with Crippen molar-refractivity contribution >= 4 is 5.91 Å². The summed E-state index contributed by atoms with van der Waals surface area (Å²) >= 11 is 0. The van der Waals surface area contributed by atoms with E-state index in [-0.39, 0.29) is 5.91 Å². The molecule has 1 heterocycles. The predicted molar refractivity (Wildman–Crippen MR) is 79.2 cm³/mol. The number of amides is 1. The van der Waals surface area contributed by atoms with Crippen LogP contribution in [0.3, 0.4) is 0 Å². The van der Waals surface area contributed by atoms with Gasteiger partial charge in [0.2, 0.25) is 0 Å². The summed E-state index contributed by atoms with van der Waals surface area (Å²) in [6.07, 6.45) is 5.24. The van der Waals surface area contributed by atoms with E-state index in [2.05, 4.69) is 5.32 Å². The number of ether oxygens (including phenoxy) is 1. The molecule has 112 valence electrons.